The zero-order valence-corrected chi connectivity index (χ0v) is 12.7. The highest BCUT2D eigenvalue weighted by atomic mass is 19.1. The third-order valence-electron chi connectivity index (χ3n) is 3.71. The molecule has 6 nitrogen and oxygen atoms in total. The molecule has 0 fully saturated rings. The number of nitriles is 1. The maximum Gasteiger partial charge on any atom is 0.198 e. The van der Waals surface area contributed by atoms with E-state index in [1.807, 2.05) is 6.07 Å². The minimum absolute atomic E-state index is 0.311. The quantitative estimate of drug-likeness (QED) is 0.616. The third kappa shape index (κ3) is 2.21. The number of aryl methyl sites for hydroxylation is 1. The summed E-state index contributed by atoms with van der Waals surface area (Å²) in [5.74, 6) is 0.190. The van der Waals surface area contributed by atoms with Crippen molar-refractivity contribution < 1.29 is 4.39 Å². The number of aromatic nitrogens is 5. The molecule has 0 spiro atoms. The second kappa shape index (κ2) is 5.28. The van der Waals surface area contributed by atoms with Crippen LogP contribution in [0.5, 0.6) is 0 Å². The normalized spacial score (nSPS) is 10.9. The number of pyridine rings is 1. The van der Waals surface area contributed by atoms with Crippen molar-refractivity contribution in [1.82, 2.24) is 24.7 Å². The molecule has 116 valence electrons. The molecule has 0 saturated heterocycles. The van der Waals surface area contributed by atoms with E-state index in [1.54, 1.807) is 42.3 Å². The number of H-pyrrole nitrogens is 1. The highest BCUT2D eigenvalue weighted by Crippen LogP contribution is 2.36. The Morgan fingerprint density at radius 1 is 1.17 bits per heavy atom. The third-order valence-corrected chi connectivity index (χ3v) is 3.71. The molecule has 4 rings (SSSR count). The minimum Gasteiger partial charge on any atom is -0.350 e. The molecule has 1 N–H and O–H groups in total. The molecule has 24 heavy (non-hydrogen) atoms. The zero-order valence-electron chi connectivity index (χ0n) is 12.7. The monoisotopic (exact) mass is 318 g/mol. The second-order valence-electron chi connectivity index (χ2n) is 5.33. The summed E-state index contributed by atoms with van der Waals surface area (Å²) in [7, 11) is 1.78. The van der Waals surface area contributed by atoms with Crippen LogP contribution in [0.3, 0.4) is 0 Å². The summed E-state index contributed by atoms with van der Waals surface area (Å²) in [5, 5.41) is 13.5. The maximum atomic E-state index is 13.3. The van der Waals surface area contributed by atoms with E-state index in [0.29, 0.717) is 22.7 Å². The molecule has 0 amide bonds. The molecule has 0 bridgehead atoms. The van der Waals surface area contributed by atoms with Crippen LogP contribution in [0.25, 0.3) is 33.7 Å². The van der Waals surface area contributed by atoms with Crippen molar-refractivity contribution in [3.8, 4) is 28.7 Å². The molecule has 0 aliphatic carbocycles. The van der Waals surface area contributed by atoms with Gasteiger partial charge in [0.2, 0.25) is 0 Å². The highest BCUT2D eigenvalue weighted by molar-refractivity contribution is 6.00. The van der Waals surface area contributed by atoms with Crippen molar-refractivity contribution in [3.63, 3.8) is 0 Å². The lowest BCUT2D eigenvalue weighted by Gasteiger charge is -2.02. The number of nitrogens with zero attached hydrogens (tertiary/aromatic N) is 5. The number of halogens is 1. The highest BCUT2D eigenvalue weighted by Gasteiger charge is 2.19. The first-order valence-corrected chi connectivity index (χ1v) is 7.20. The van der Waals surface area contributed by atoms with Gasteiger partial charge >= 0.3 is 0 Å². The van der Waals surface area contributed by atoms with Crippen LogP contribution in [-0.4, -0.2) is 24.7 Å². The number of benzene rings is 1. The Bertz CT molecular complexity index is 1080. The van der Waals surface area contributed by atoms with Gasteiger partial charge in [0.15, 0.2) is 5.82 Å². The van der Waals surface area contributed by atoms with Gasteiger partial charge in [0, 0.05) is 12.6 Å². The summed E-state index contributed by atoms with van der Waals surface area (Å²) >= 11 is 0. The largest absolute Gasteiger partial charge is 0.350 e. The summed E-state index contributed by atoms with van der Waals surface area (Å²) in [6.07, 6.45) is 1.60. The number of hydrogen-bond acceptors (Lipinski definition) is 4. The van der Waals surface area contributed by atoms with Crippen LogP contribution in [0.15, 0.2) is 42.7 Å². The van der Waals surface area contributed by atoms with E-state index in [4.69, 9.17) is 5.26 Å². The second-order valence-corrected chi connectivity index (χ2v) is 5.33. The van der Waals surface area contributed by atoms with Gasteiger partial charge in [-0.2, -0.15) is 5.26 Å². The fraction of sp³-hybridized carbons (Fsp3) is 0.0588. The molecule has 0 atom stereocenters. The number of aromatic amines is 1. The Hall–Kier alpha value is -3.53. The lowest BCUT2D eigenvalue weighted by molar-refractivity contribution is 0.628. The first-order valence-electron chi connectivity index (χ1n) is 7.20. The molecular weight excluding hydrogens is 307 g/mol. The smallest absolute Gasteiger partial charge is 0.198 e. The first-order chi connectivity index (χ1) is 11.7. The van der Waals surface area contributed by atoms with Crippen molar-refractivity contribution in [3.05, 3.63) is 54.2 Å². The minimum atomic E-state index is -0.318. The molecule has 1 aromatic carbocycles. The van der Waals surface area contributed by atoms with Crippen molar-refractivity contribution in [1.29, 1.82) is 5.26 Å². The van der Waals surface area contributed by atoms with Crippen molar-refractivity contribution in [2.45, 2.75) is 0 Å². The fourth-order valence-electron chi connectivity index (χ4n) is 2.65. The van der Waals surface area contributed by atoms with E-state index in [9.17, 15) is 4.39 Å². The Balaban J connectivity index is 2.06. The van der Waals surface area contributed by atoms with E-state index >= 15 is 0 Å². The topological polar surface area (TPSA) is 83.2 Å². The molecule has 0 saturated carbocycles. The molecule has 0 radical (unpaired) electrons. The van der Waals surface area contributed by atoms with Crippen LogP contribution in [0.1, 0.15) is 5.69 Å². The van der Waals surface area contributed by atoms with Gasteiger partial charge < -0.3 is 4.98 Å². The van der Waals surface area contributed by atoms with Crippen LogP contribution in [0, 0.1) is 17.1 Å². The molecule has 0 aliphatic rings. The van der Waals surface area contributed by atoms with E-state index in [0.717, 1.165) is 16.6 Å². The van der Waals surface area contributed by atoms with E-state index in [2.05, 4.69) is 20.1 Å². The molecule has 7 heteroatoms. The van der Waals surface area contributed by atoms with Crippen LogP contribution >= 0.6 is 0 Å². The number of fused-ring (bicyclic) bond motifs is 1. The van der Waals surface area contributed by atoms with Gasteiger partial charge in [-0.25, -0.2) is 14.4 Å². The van der Waals surface area contributed by atoms with Crippen LogP contribution in [-0.2, 0) is 7.05 Å². The van der Waals surface area contributed by atoms with Gasteiger partial charge in [-0.3, -0.25) is 4.68 Å². The molecule has 0 aliphatic heterocycles. The standard InChI is InChI=1S/C17H11FN6/c1-24-9-20-17(23-24)16-14(10-2-4-11(18)5-3-10)15-13(22-16)7-6-12(8-19)21-15/h2-7,9,22H,1H3. The van der Waals surface area contributed by atoms with Gasteiger partial charge in [-0.05, 0) is 29.8 Å². The lowest BCUT2D eigenvalue weighted by atomic mass is 10.0. The summed E-state index contributed by atoms with van der Waals surface area (Å²) in [4.78, 5) is 11.9. The van der Waals surface area contributed by atoms with Gasteiger partial charge in [0.1, 0.15) is 23.9 Å². The van der Waals surface area contributed by atoms with Crippen molar-refractivity contribution in [2.24, 2.45) is 7.05 Å². The van der Waals surface area contributed by atoms with E-state index in [1.165, 1.54) is 12.1 Å². The van der Waals surface area contributed by atoms with E-state index in [-0.39, 0.29) is 5.82 Å². The predicted octanol–water partition coefficient (Wildman–Crippen LogP) is 3.04. The van der Waals surface area contributed by atoms with E-state index < -0.39 is 0 Å². The Kier molecular flexibility index (Phi) is 3.10. The average Bonchev–Trinajstić information content (AvgIpc) is 3.18. The molecule has 0 unspecified atom stereocenters. The first kappa shape index (κ1) is 14.1. The number of rotatable bonds is 2. The van der Waals surface area contributed by atoms with Crippen molar-refractivity contribution >= 4 is 11.0 Å². The zero-order chi connectivity index (χ0) is 16.7. The van der Waals surface area contributed by atoms with Gasteiger partial charge in [-0.1, -0.05) is 12.1 Å². The molecule has 3 aromatic heterocycles. The molecule has 4 aromatic rings. The Labute approximate surface area is 136 Å². The van der Waals surface area contributed by atoms with Crippen LogP contribution in [0.2, 0.25) is 0 Å². The lowest BCUT2D eigenvalue weighted by Crippen LogP contribution is -1.90. The molecule has 3 heterocycles. The molecular formula is C17H11FN6. The van der Waals surface area contributed by atoms with Crippen LogP contribution < -0.4 is 0 Å². The fourth-order valence-corrected chi connectivity index (χ4v) is 2.65. The van der Waals surface area contributed by atoms with Crippen molar-refractivity contribution in [2.75, 3.05) is 0 Å². The van der Waals surface area contributed by atoms with Gasteiger partial charge in [0.25, 0.3) is 0 Å². The van der Waals surface area contributed by atoms with Gasteiger partial charge in [-0.15, -0.1) is 5.10 Å². The summed E-state index contributed by atoms with van der Waals surface area (Å²) in [6.45, 7) is 0. The maximum absolute atomic E-state index is 13.3. The SMILES string of the molecule is Cn1cnc(-c2[nH]c3ccc(C#N)nc3c2-c2ccc(F)cc2)n1. The summed E-state index contributed by atoms with van der Waals surface area (Å²) in [6, 6.07) is 11.6. The Morgan fingerprint density at radius 2 is 1.96 bits per heavy atom. The van der Waals surface area contributed by atoms with Crippen LogP contribution in [0.4, 0.5) is 4.39 Å². The predicted molar refractivity (Wildman–Crippen MR) is 86.2 cm³/mol. The van der Waals surface area contributed by atoms with Gasteiger partial charge in [0.05, 0.1) is 16.7 Å². The number of nitrogens with one attached hydrogen (secondary N) is 1. The Morgan fingerprint density at radius 3 is 2.62 bits per heavy atom. The number of hydrogen-bond donors (Lipinski definition) is 1. The summed E-state index contributed by atoms with van der Waals surface area (Å²) in [5.41, 5.74) is 3.89. The summed E-state index contributed by atoms with van der Waals surface area (Å²) < 4.78 is 14.9. The average molecular weight is 318 g/mol.